The monoisotopic (exact) mass is 340 g/mol. The average Bonchev–Trinajstić information content (AvgIpc) is 2.42. The summed E-state index contributed by atoms with van der Waals surface area (Å²) in [5.74, 6) is -2.89. The third-order valence-electron chi connectivity index (χ3n) is 3.29. The fraction of sp³-hybridized carbons (Fsp3) is 0.571. The molecule has 1 unspecified atom stereocenters. The first-order valence-corrected chi connectivity index (χ1v) is 9.17. The quantitative estimate of drug-likeness (QED) is 0.655. The van der Waals surface area contributed by atoms with Crippen molar-refractivity contribution in [1.29, 1.82) is 0 Å². The molecule has 1 atom stereocenters. The highest BCUT2D eigenvalue weighted by atomic mass is 35.7. The van der Waals surface area contributed by atoms with Crippen LogP contribution in [0.3, 0.4) is 0 Å². The van der Waals surface area contributed by atoms with Gasteiger partial charge in [-0.05, 0) is 24.5 Å². The summed E-state index contributed by atoms with van der Waals surface area (Å²) in [7, 11) is 0.701. The SMILES string of the molecule is CCCCC(CC)COc1ccc(S(=O)(=O)Cl)c(F)c1F. The van der Waals surface area contributed by atoms with Gasteiger partial charge in [-0.2, -0.15) is 4.39 Å². The maximum atomic E-state index is 13.8. The third-order valence-corrected chi connectivity index (χ3v) is 4.63. The Balaban J connectivity index is 2.84. The number of benzene rings is 1. The molecule has 21 heavy (non-hydrogen) atoms. The molecule has 0 aromatic heterocycles. The van der Waals surface area contributed by atoms with Crippen LogP contribution in [0.25, 0.3) is 0 Å². The van der Waals surface area contributed by atoms with E-state index < -0.39 is 25.6 Å². The van der Waals surface area contributed by atoms with Crippen molar-refractivity contribution >= 4 is 19.7 Å². The molecule has 1 aromatic rings. The predicted molar refractivity (Wildman–Crippen MR) is 78.2 cm³/mol. The van der Waals surface area contributed by atoms with Gasteiger partial charge in [0.1, 0.15) is 4.90 Å². The van der Waals surface area contributed by atoms with Gasteiger partial charge in [0.05, 0.1) is 6.61 Å². The summed E-state index contributed by atoms with van der Waals surface area (Å²) in [5, 5.41) is 0. The first kappa shape index (κ1) is 18.2. The number of ether oxygens (including phenoxy) is 1. The molecular weight excluding hydrogens is 322 g/mol. The Bertz CT molecular complexity index is 576. The van der Waals surface area contributed by atoms with E-state index in [1.165, 1.54) is 0 Å². The molecule has 0 heterocycles. The van der Waals surface area contributed by atoms with Gasteiger partial charge in [-0.25, -0.2) is 12.8 Å². The minimum absolute atomic E-state index is 0.254. The minimum Gasteiger partial charge on any atom is -0.490 e. The van der Waals surface area contributed by atoms with Crippen LogP contribution in [0.1, 0.15) is 39.5 Å². The van der Waals surface area contributed by atoms with Crippen molar-refractivity contribution in [3.8, 4) is 5.75 Å². The van der Waals surface area contributed by atoms with E-state index in [4.69, 9.17) is 15.4 Å². The molecule has 3 nitrogen and oxygen atoms in total. The van der Waals surface area contributed by atoms with Crippen LogP contribution >= 0.6 is 10.7 Å². The summed E-state index contributed by atoms with van der Waals surface area (Å²) in [6.07, 6.45) is 3.92. The standard InChI is InChI=1S/C14H19ClF2O3S/c1-3-5-6-10(4-2)9-20-11-7-8-12(21(15,18)19)14(17)13(11)16/h7-8,10H,3-6,9H2,1-2H3. The second-order valence-corrected chi connectivity index (χ2v) is 7.39. The van der Waals surface area contributed by atoms with Crippen molar-refractivity contribution in [2.24, 2.45) is 5.92 Å². The molecule has 0 saturated heterocycles. The van der Waals surface area contributed by atoms with E-state index in [0.29, 0.717) is 0 Å². The Morgan fingerprint density at radius 1 is 1.24 bits per heavy atom. The van der Waals surface area contributed by atoms with Crippen molar-refractivity contribution in [3.05, 3.63) is 23.8 Å². The molecule has 0 N–H and O–H groups in total. The lowest BCUT2D eigenvalue weighted by Crippen LogP contribution is -2.12. The van der Waals surface area contributed by atoms with E-state index in [2.05, 4.69) is 6.92 Å². The van der Waals surface area contributed by atoms with Crippen molar-refractivity contribution in [2.75, 3.05) is 6.61 Å². The van der Waals surface area contributed by atoms with Gasteiger partial charge in [0, 0.05) is 10.7 Å². The first-order valence-electron chi connectivity index (χ1n) is 6.86. The highest BCUT2D eigenvalue weighted by Gasteiger charge is 2.23. The normalized spacial score (nSPS) is 13.2. The van der Waals surface area contributed by atoms with E-state index in [-0.39, 0.29) is 18.3 Å². The van der Waals surface area contributed by atoms with E-state index in [1.54, 1.807) is 0 Å². The molecule has 0 bridgehead atoms. The number of hydrogen-bond donors (Lipinski definition) is 0. The van der Waals surface area contributed by atoms with Gasteiger partial charge in [0.2, 0.25) is 5.82 Å². The van der Waals surface area contributed by atoms with Gasteiger partial charge in [0.15, 0.2) is 11.6 Å². The fourth-order valence-corrected chi connectivity index (χ4v) is 2.81. The van der Waals surface area contributed by atoms with Crippen LogP contribution in [0.5, 0.6) is 5.75 Å². The van der Waals surface area contributed by atoms with Gasteiger partial charge < -0.3 is 4.74 Å². The summed E-state index contributed by atoms with van der Waals surface area (Å²) >= 11 is 0. The second kappa shape index (κ2) is 7.94. The highest BCUT2D eigenvalue weighted by Crippen LogP contribution is 2.28. The average molecular weight is 341 g/mol. The number of halogens is 3. The number of hydrogen-bond acceptors (Lipinski definition) is 3. The van der Waals surface area contributed by atoms with Gasteiger partial charge in [-0.3, -0.25) is 0 Å². The van der Waals surface area contributed by atoms with E-state index in [0.717, 1.165) is 37.8 Å². The largest absolute Gasteiger partial charge is 0.490 e. The zero-order chi connectivity index (χ0) is 16.0. The Kier molecular flexibility index (Phi) is 6.87. The molecule has 0 aliphatic carbocycles. The molecular formula is C14H19ClF2O3S. The summed E-state index contributed by atoms with van der Waals surface area (Å²) in [6, 6.07) is 1.99. The lowest BCUT2D eigenvalue weighted by atomic mass is 10.0. The van der Waals surface area contributed by atoms with Gasteiger partial charge >= 0.3 is 0 Å². The zero-order valence-electron chi connectivity index (χ0n) is 12.0. The van der Waals surface area contributed by atoms with Crippen molar-refractivity contribution in [3.63, 3.8) is 0 Å². The molecule has 1 rings (SSSR count). The fourth-order valence-electron chi connectivity index (χ4n) is 1.92. The van der Waals surface area contributed by atoms with Crippen LogP contribution in [-0.2, 0) is 9.05 Å². The Morgan fingerprint density at radius 2 is 1.90 bits per heavy atom. The van der Waals surface area contributed by atoms with Crippen molar-refractivity contribution < 1.29 is 21.9 Å². The lowest BCUT2D eigenvalue weighted by Gasteiger charge is -2.16. The molecule has 0 radical (unpaired) electrons. The molecule has 0 fully saturated rings. The molecule has 0 aliphatic rings. The van der Waals surface area contributed by atoms with Crippen molar-refractivity contribution in [1.82, 2.24) is 0 Å². The van der Waals surface area contributed by atoms with E-state index in [9.17, 15) is 17.2 Å². The molecule has 0 spiro atoms. The van der Waals surface area contributed by atoms with E-state index in [1.807, 2.05) is 6.92 Å². The Hall–Kier alpha value is -0.880. The summed E-state index contributed by atoms with van der Waals surface area (Å²) in [5.41, 5.74) is 0. The maximum Gasteiger partial charge on any atom is 0.264 e. The molecule has 0 saturated carbocycles. The van der Waals surface area contributed by atoms with Crippen LogP contribution in [0.15, 0.2) is 17.0 Å². The summed E-state index contributed by atoms with van der Waals surface area (Å²) < 4.78 is 54.8. The van der Waals surface area contributed by atoms with E-state index >= 15 is 0 Å². The third kappa shape index (κ3) is 5.11. The molecule has 120 valence electrons. The summed E-state index contributed by atoms with van der Waals surface area (Å²) in [6.45, 7) is 4.34. The van der Waals surface area contributed by atoms with Crippen molar-refractivity contribution in [2.45, 2.75) is 44.4 Å². The molecule has 7 heteroatoms. The molecule has 0 aliphatic heterocycles. The van der Waals surface area contributed by atoms with Crippen LogP contribution < -0.4 is 4.74 Å². The van der Waals surface area contributed by atoms with Gasteiger partial charge in [-0.1, -0.05) is 33.1 Å². The predicted octanol–water partition coefficient (Wildman–Crippen LogP) is 4.49. The zero-order valence-corrected chi connectivity index (χ0v) is 13.6. The van der Waals surface area contributed by atoms with Gasteiger partial charge in [-0.15, -0.1) is 0 Å². The Labute approximate surface area is 128 Å². The first-order chi connectivity index (χ1) is 9.81. The lowest BCUT2D eigenvalue weighted by molar-refractivity contribution is 0.222. The smallest absolute Gasteiger partial charge is 0.264 e. The maximum absolute atomic E-state index is 13.8. The van der Waals surface area contributed by atoms with Crippen LogP contribution in [0.4, 0.5) is 8.78 Å². The molecule has 1 aromatic carbocycles. The van der Waals surface area contributed by atoms with Crippen LogP contribution in [0, 0.1) is 17.6 Å². The second-order valence-electron chi connectivity index (χ2n) is 4.86. The summed E-state index contributed by atoms with van der Waals surface area (Å²) in [4.78, 5) is -0.882. The van der Waals surface area contributed by atoms with Crippen LogP contribution in [-0.4, -0.2) is 15.0 Å². The van der Waals surface area contributed by atoms with Gasteiger partial charge in [0.25, 0.3) is 9.05 Å². The molecule has 0 amide bonds. The topological polar surface area (TPSA) is 43.4 Å². The van der Waals surface area contributed by atoms with Crippen LogP contribution in [0.2, 0.25) is 0 Å². The number of rotatable bonds is 8. The Morgan fingerprint density at radius 3 is 2.43 bits per heavy atom. The minimum atomic E-state index is -4.32. The number of unbranched alkanes of at least 4 members (excludes halogenated alkanes) is 1. The highest BCUT2D eigenvalue weighted by molar-refractivity contribution is 8.13.